The van der Waals surface area contributed by atoms with E-state index in [2.05, 4.69) is 10.6 Å². The van der Waals surface area contributed by atoms with Crippen LogP contribution < -0.4 is 10.6 Å². The van der Waals surface area contributed by atoms with Gasteiger partial charge < -0.3 is 15.4 Å². The molecule has 0 aromatic heterocycles. The normalized spacial score (nSPS) is 28.1. The zero-order valence-corrected chi connectivity index (χ0v) is 10.0. The number of carbonyl (C=O) groups is 1. The van der Waals surface area contributed by atoms with Gasteiger partial charge in [-0.3, -0.25) is 4.79 Å². The summed E-state index contributed by atoms with van der Waals surface area (Å²) in [6, 6.07) is 0.346. The molecule has 0 spiro atoms. The van der Waals surface area contributed by atoms with Crippen LogP contribution in [0.15, 0.2) is 0 Å². The molecule has 88 valence electrons. The number of ether oxygens (including phenoxy) is 1. The van der Waals surface area contributed by atoms with Gasteiger partial charge in [0, 0.05) is 18.7 Å². The van der Waals surface area contributed by atoms with Crippen LogP contribution in [-0.4, -0.2) is 36.7 Å². The molecule has 1 heterocycles. The number of nitrogens with one attached hydrogen (secondary N) is 2. The van der Waals surface area contributed by atoms with Gasteiger partial charge in [-0.05, 0) is 34.1 Å². The topological polar surface area (TPSA) is 50.4 Å². The Balaban J connectivity index is 2.34. The second kappa shape index (κ2) is 5.47. The standard InChI is InChI=1S/C11H22N2O2/c1-7(2)12-11(14)8(3)13-10-5-6-15-9(10)4/h7-10,13H,5-6H2,1-4H3,(H,12,14). The lowest BCUT2D eigenvalue weighted by Gasteiger charge is -2.22. The molecule has 4 nitrogen and oxygen atoms in total. The molecule has 0 aliphatic carbocycles. The van der Waals surface area contributed by atoms with Crippen molar-refractivity contribution in [1.29, 1.82) is 0 Å². The molecule has 1 fully saturated rings. The number of rotatable bonds is 4. The van der Waals surface area contributed by atoms with Crippen molar-refractivity contribution in [1.82, 2.24) is 10.6 Å². The minimum atomic E-state index is -0.151. The van der Waals surface area contributed by atoms with Crippen molar-refractivity contribution < 1.29 is 9.53 Å². The Bertz CT molecular complexity index is 219. The Hall–Kier alpha value is -0.610. The molecular weight excluding hydrogens is 192 g/mol. The third-order valence-electron chi connectivity index (χ3n) is 2.66. The molecular formula is C11H22N2O2. The fourth-order valence-electron chi connectivity index (χ4n) is 1.76. The quantitative estimate of drug-likeness (QED) is 0.723. The van der Waals surface area contributed by atoms with E-state index in [1.165, 1.54) is 0 Å². The van der Waals surface area contributed by atoms with Crippen LogP contribution in [0.5, 0.6) is 0 Å². The smallest absolute Gasteiger partial charge is 0.237 e. The van der Waals surface area contributed by atoms with Crippen LogP contribution >= 0.6 is 0 Å². The van der Waals surface area contributed by atoms with Gasteiger partial charge in [0.15, 0.2) is 0 Å². The number of amides is 1. The highest BCUT2D eigenvalue weighted by atomic mass is 16.5. The Labute approximate surface area is 91.8 Å². The maximum atomic E-state index is 11.6. The summed E-state index contributed by atoms with van der Waals surface area (Å²) in [6.07, 6.45) is 1.19. The first-order valence-electron chi connectivity index (χ1n) is 5.68. The maximum Gasteiger partial charge on any atom is 0.237 e. The van der Waals surface area contributed by atoms with Crippen molar-refractivity contribution in [2.24, 2.45) is 0 Å². The highest BCUT2D eigenvalue weighted by Crippen LogP contribution is 2.13. The predicted octanol–water partition coefficient (Wildman–Crippen LogP) is 0.666. The maximum absolute atomic E-state index is 11.6. The first kappa shape index (κ1) is 12.5. The van der Waals surface area contributed by atoms with Crippen LogP contribution in [0.4, 0.5) is 0 Å². The van der Waals surface area contributed by atoms with E-state index in [9.17, 15) is 4.79 Å². The zero-order valence-electron chi connectivity index (χ0n) is 10.0. The van der Waals surface area contributed by atoms with Gasteiger partial charge in [0.1, 0.15) is 0 Å². The van der Waals surface area contributed by atoms with E-state index in [-0.39, 0.29) is 24.1 Å². The van der Waals surface area contributed by atoms with Gasteiger partial charge >= 0.3 is 0 Å². The van der Waals surface area contributed by atoms with E-state index in [1.54, 1.807) is 0 Å². The van der Waals surface area contributed by atoms with Gasteiger partial charge in [-0.2, -0.15) is 0 Å². The van der Waals surface area contributed by atoms with Gasteiger partial charge in [0.25, 0.3) is 0 Å². The molecule has 1 amide bonds. The summed E-state index contributed by atoms with van der Waals surface area (Å²) < 4.78 is 5.43. The van der Waals surface area contributed by atoms with E-state index in [4.69, 9.17) is 4.74 Å². The summed E-state index contributed by atoms with van der Waals surface area (Å²) in [5.74, 6) is 0.0594. The van der Waals surface area contributed by atoms with E-state index in [0.717, 1.165) is 13.0 Å². The Morgan fingerprint density at radius 2 is 2.07 bits per heavy atom. The van der Waals surface area contributed by atoms with Crippen molar-refractivity contribution in [3.8, 4) is 0 Å². The first-order valence-corrected chi connectivity index (χ1v) is 5.68. The molecule has 0 aromatic carbocycles. The number of carbonyl (C=O) groups excluding carboxylic acids is 1. The molecule has 1 saturated heterocycles. The third kappa shape index (κ3) is 3.80. The Morgan fingerprint density at radius 1 is 1.40 bits per heavy atom. The molecule has 15 heavy (non-hydrogen) atoms. The third-order valence-corrected chi connectivity index (χ3v) is 2.66. The molecule has 2 N–H and O–H groups in total. The van der Waals surface area contributed by atoms with Crippen molar-refractivity contribution in [2.45, 2.75) is 58.3 Å². The van der Waals surface area contributed by atoms with Crippen LogP contribution in [0, 0.1) is 0 Å². The van der Waals surface area contributed by atoms with Crippen LogP contribution in [0.25, 0.3) is 0 Å². The molecule has 1 rings (SSSR count). The van der Waals surface area contributed by atoms with Crippen LogP contribution in [0.2, 0.25) is 0 Å². The predicted molar refractivity (Wildman–Crippen MR) is 59.7 cm³/mol. The highest BCUT2D eigenvalue weighted by molar-refractivity contribution is 5.81. The molecule has 4 heteroatoms. The first-order chi connectivity index (χ1) is 7.00. The van der Waals surface area contributed by atoms with E-state index in [0.29, 0.717) is 6.04 Å². The monoisotopic (exact) mass is 214 g/mol. The molecule has 1 aliphatic rings. The minimum Gasteiger partial charge on any atom is -0.377 e. The summed E-state index contributed by atoms with van der Waals surface area (Å²) in [5.41, 5.74) is 0. The van der Waals surface area contributed by atoms with Gasteiger partial charge in [-0.25, -0.2) is 0 Å². The van der Waals surface area contributed by atoms with Crippen LogP contribution in [0.3, 0.4) is 0 Å². The van der Waals surface area contributed by atoms with Crippen LogP contribution in [0.1, 0.15) is 34.1 Å². The summed E-state index contributed by atoms with van der Waals surface area (Å²) >= 11 is 0. The lowest BCUT2D eigenvalue weighted by atomic mass is 10.1. The van der Waals surface area contributed by atoms with Crippen molar-refractivity contribution >= 4 is 5.91 Å². The second-order valence-corrected chi connectivity index (χ2v) is 4.52. The van der Waals surface area contributed by atoms with Crippen molar-refractivity contribution in [3.63, 3.8) is 0 Å². The Morgan fingerprint density at radius 3 is 2.53 bits per heavy atom. The molecule has 0 aromatic rings. The van der Waals surface area contributed by atoms with E-state index >= 15 is 0 Å². The number of hydrogen-bond acceptors (Lipinski definition) is 3. The molecule has 3 unspecified atom stereocenters. The van der Waals surface area contributed by atoms with Gasteiger partial charge in [0.2, 0.25) is 5.91 Å². The summed E-state index contributed by atoms with van der Waals surface area (Å²) in [5, 5.41) is 6.19. The average Bonchev–Trinajstić information content (AvgIpc) is 2.50. The molecule has 0 radical (unpaired) electrons. The fourth-order valence-corrected chi connectivity index (χ4v) is 1.76. The van der Waals surface area contributed by atoms with Crippen molar-refractivity contribution in [2.75, 3.05) is 6.61 Å². The van der Waals surface area contributed by atoms with E-state index in [1.807, 2.05) is 27.7 Å². The zero-order chi connectivity index (χ0) is 11.4. The summed E-state index contributed by atoms with van der Waals surface area (Å²) in [6.45, 7) is 8.65. The molecule has 0 saturated carbocycles. The highest BCUT2D eigenvalue weighted by Gasteiger charge is 2.27. The average molecular weight is 214 g/mol. The fraction of sp³-hybridized carbons (Fsp3) is 0.909. The molecule has 0 bridgehead atoms. The summed E-state index contributed by atoms with van der Waals surface area (Å²) in [4.78, 5) is 11.6. The molecule has 3 atom stereocenters. The second-order valence-electron chi connectivity index (χ2n) is 4.52. The van der Waals surface area contributed by atoms with Crippen LogP contribution in [-0.2, 0) is 9.53 Å². The largest absolute Gasteiger partial charge is 0.377 e. The summed E-state index contributed by atoms with van der Waals surface area (Å²) in [7, 11) is 0. The van der Waals surface area contributed by atoms with Gasteiger partial charge in [-0.15, -0.1) is 0 Å². The van der Waals surface area contributed by atoms with Crippen molar-refractivity contribution in [3.05, 3.63) is 0 Å². The van der Waals surface area contributed by atoms with E-state index < -0.39 is 0 Å². The lowest BCUT2D eigenvalue weighted by molar-refractivity contribution is -0.123. The number of hydrogen-bond donors (Lipinski definition) is 2. The lowest BCUT2D eigenvalue weighted by Crippen LogP contribution is -2.49. The van der Waals surface area contributed by atoms with Gasteiger partial charge in [0.05, 0.1) is 12.1 Å². The Kier molecular flexibility index (Phi) is 4.54. The SMILES string of the molecule is CC(C)NC(=O)C(C)NC1CCOC1C. The minimum absolute atomic E-state index is 0.0594. The molecule has 1 aliphatic heterocycles. The van der Waals surface area contributed by atoms with Gasteiger partial charge in [-0.1, -0.05) is 0 Å².